The van der Waals surface area contributed by atoms with Crippen LogP contribution >= 0.6 is 0 Å². The molecule has 1 aliphatic heterocycles. The number of benzene rings is 1. The molecule has 0 saturated carbocycles. The lowest BCUT2D eigenvalue weighted by atomic mass is 10.00. The molecule has 2 unspecified atom stereocenters. The average Bonchev–Trinajstić information content (AvgIpc) is 2.45. The number of amides is 1. The molecule has 116 valence electrons. The van der Waals surface area contributed by atoms with E-state index in [2.05, 4.69) is 25.2 Å². The molecule has 0 bridgehead atoms. The largest absolute Gasteiger partial charge is 0.495 e. The molecule has 1 aliphatic rings. The van der Waals surface area contributed by atoms with Crippen LogP contribution in [0.25, 0.3) is 0 Å². The number of anilines is 1. The fraction of sp³-hybridized carbons (Fsp3) is 0.562. The number of nitrogens with zero attached hydrogens (tertiary/aromatic N) is 1. The molecule has 2 atom stereocenters. The van der Waals surface area contributed by atoms with Gasteiger partial charge in [-0.1, -0.05) is 19.9 Å². The third-order valence-electron chi connectivity index (χ3n) is 4.09. The predicted molar refractivity (Wildman–Crippen MR) is 82.7 cm³/mol. The number of likely N-dealkylation sites (N-methyl/N-ethyl adjacent to an activating group) is 1. The topological polar surface area (TPSA) is 61.8 Å². The van der Waals surface area contributed by atoms with Crippen LogP contribution in [0.5, 0.6) is 5.75 Å². The highest BCUT2D eigenvalue weighted by Crippen LogP contribution is 2.33. The number of ether oxygens (including phenoxy) is 1. The minimum atomic E-state index is -0.856. The zero-order chi connectivity index (χ0) is 15.6. The van der Waals surface area contributed by atoms with E-state index in [0.29, 0.717) is 18.8 Å². The third-order valence-corrected chi connectivity index (χ3v) is 4.09. The highest BCUT2D eigenvalue weighted by atomic mass is 16.5. The molecule has 0 aromatic heterocycles. The number of hydrogen-bond acceptors (Lipinski definition) is 4. The first kappa shape index (κ1) is 15.6. The molecular formula is C16H24N2O3. The normalized spacial score (nSPS) is 22.1. The van der Waals surface area contributed by atoms with E-state index in [9.17, 15) is 9.90 Å². The summed E-state index contributed by atoms with van der Waals surface area (Å²) in [4.78, 5) is 13.3. The van der Waals surface area contributed by atoms with Gasteiger partial charge in [0.2, 0.25) is 5.91 Å². The van der Waals surface area contributed by atoms with Crippen molar-refractivity contribution >= 4 is 11.6 Å². The second-order valence-electron chi connectivity index (χ2n) is 5.82. The van der Waals surface area contributed by atoms with Crippen LogP contribution in [0.3, 0.4) is 0 Å². The summed E-state index contributed by atoms with van der Waals surface area (Å²) >= 11 is 0. The molecule has 21 heavy (non-hydrogen) atoms. The minimum Gasteiger partial charge on any atom is -0.495 e. The minimum absolute atomic E-state index is 0.103. The molecular weight excluding hydrogens is 268 g/mol. The third kappa shape index (κ3) is 3.29. The predicted octanol–water partition coefficient (Wildman–Crippen LogP) is 1.85. The number of aliphatic hydroxyl groups excluding tert-OH is 1. The van der Waals surface area contributed by atoms with Crippen molar-refractivity contribution in [2.75, 3.05) is 19.1 Å². The number of aliphatic hydroxyl groups is 1. The van der Waals surface area contributed by atoms with Crippen molar-refractivity contribution in [3.8, 4) is 5.75 Å². The van der Waals surface area contributed by atoms with Crippen LogP contribution in [0.15, 0.2) is 18.2 Å². The van der Waals surface area contributed by atoms with Crippen LogP contribution in [0.2, 0.25) is 0 Å². The highest BCUT2D eigenvalue weighted by molar-refractivity contribution is 5.77. The molecule has 1 amide bonds. The fourth-order valence-electron chi connectivity index (χ4n) is 2.70. The van der Waals surface area contributed by atoms with E-state index in [0.717, 1.165) is 11.4 Å². The summed E-state index contributed by atoms with van der Waals surface area (Å²) in [5, 5.41) is 12.6. The summed E-state index contributed by atoms with van der Waals surface area (Å²) in [5.74, 6) is 1.11. The molecule has 1 aromatic carbocycles. The van der Waals surface area contributed by atoms with E-state index < -0.39 is 6.23 Å². The van der Waals surface area contributed by atoms with Crippen molar-refractivity contribution in [2.45, 2.75) is 44.9 Å². The van der Waals surface area contributed by atoms with Gasteiger partial charge in [-0.25, -0.2) is 0 Å². The summed E-state index contributed by atoms with van der Waals surface area (Å²) < 4.78 is 5.49. The van der Waals surface area contributed by atoms with Gasteiger partial charge in [-0.2, -0.15) is 0 Å². The first-order valence-electron chi connectivity index (χ1n) is 7.32. The van der Waals surface area contributed by atoms with E-state index in [1.807, 2.05) is 24.1 Å². The van der Waals surface area contributed by atoms with Gasteiger partial charge < -0.3 is 20.1 Å². The number of nitrogens with one attached hydrogen (secondary N) is 1. The van der Waals surface area contributed by atoms with Crippen molar-refractivity contribution in [3.63, 3.8) is 0 Å². The molecule has 5 heteroatoms. The van der Waals surface area contributed by atoms with Gasteiger partial charge in [0, 0.05) is 13.5 Å². The van der Waals surface area contributed by atoms with Gasteiger partial charge in [-0.15, -0.1) is 0 Å². The molecule has 5 nitrogen and oxygen atoms in total. The summed E-state index contributed by atoms with van der Waals surface area (Å²) in [5.41, 5.74) is 2.13. The Bertz CT molecular complexity index is 516. The molecule has 1 aromatic rings. The van der Waals surface area contributed by atoms with Gasteiger partial charge in [0.15, 0.2) is 0 Å². The molecule has 0 aliphatic carbocycles. The molecule has 0 radical (unpaired) electrons. The van der Waals surface area contributed by atoms with E-state index in [-0.39, 0.29) is 11.9 Å². The SMILES string of the molecule is COc1cc(C(C)C)ccc1N(C)C1CCC(=O)NC1O. The van der Waals surface area contributed by atoms with Crippen LogP contribution in [0, 0.1) is 0 Å². The van der Waals surface area contributed by atoms with Crippen LogP contribution < -0.4 is 15.0 Å². The second kappa shape index (κ2) is 6.35. The standard InChI is InChI=1S/C16H24N2O3/c1-10(2)11-5-6-12(14(9-11)21-4)18(3)13-7-8-15(19)17-16(13)20/h5-6,9-10,13,16,20H,7-8H2,1-4H3,(H,17,19). The Morgan fingerprint density at radius 3 is 2.71 bits per heavy atom. The summed E-state index contributed by atoms with van der Waals surface area (Å²) in [6.07, 6.45) is 0.197. The molecule has 2 rings (SSSR count). The highest BCUT2D eigenvalue weighted by Gasteiger charge is 2.31. The van der Waals surface area contributed by atoms with Crippen LogP contribution in [-0.4, -0.2) is 37.4 Å². The van der Waals surface area contributed by atoms with Gasteiger partial charge in [0.1, 0.15) is 12.0 Å². The quantitative estimate of drug-likeness (QED) is 0.889. The number of carbonyl (C=O) groups is 1. The fourth-order valence-corrected chi connectivity index (χ4v) is 2.70. The Hall–Kier alpha value is -1.75. The smallest absolute Gasteiger partial charge is 0.222 e. The molecule has 1 fully saturated rings. The van der Waals surface area contributed by atoms with Crippen molar-refractivity contribution < 1.29 is 14.6 Å². The Labute approximate surface area is 125 Å². The average molecular weight is 292 g/mol. The second-order valence-corrected chi connectivity index (χ2v) is 5.82. The number of methoxy groups -OCH3 is 1. The Kier molecular flexibility index (Phi) is 4.73. The number of piperidine rings is 1. The Balaban J connectivity index is 2.26. The molecule has 1 saturated heterocycles. The first-order chi connectivity index (χ1) is 9.93. The zero-order valence-corrected chi connectivity index (χ0v) is 13.1. The van der Waals surface area contributed by atoms with Crippen molar-refractivity contribution in [2.24, 2.45) is 0 Å². The van der Waals surface area contributed by atoms with Crippen LogP contribution in [0.4, 0.5) is 5.69 Å². The maximum Gasteiger partial charge on any atom is 0.222 e. The maximum atomic E-state index is 11.3. The molecule has 2 N–H and O–H groups in total. The van der Waals surface area contributed by atoms with Gasteiger partial charge in [-0.3, -0.25) is 4.79 Å². The van der Waals surface area contributed by atoms with Gasteiger partial charge in [0.25, 0.3) is 0 Å². The van der Waals surface area contributed by atoms with E-state index in [1.165, 1.54) is 5.56 Å². The number of hydrogen-bond donors (Lipinski definition) is 2. The lowest BCUT2D eigenvalue weighted by Crippen LogP contribution is -2.54. The lowest BCUT2D eigenvalue weighted by molar-refractivity contribution is -0.127. The first-order valence-corrected chi connectivity index (χ1v) is 7.32. The number of rotatable bonds is 4. The summed E-state index contributed by atoms with van der Waals surface area (Å²) in [7, 11) is 3.56. The van der Waals surface area contributed by atoms with Gasteiger partial charge in [-0.05, 0) is 30.0 Å². The maximum absolute atomic E-state index is 11.3. The van der Waals surface area contributed by atoms with Crippen molar-refractivity contribution in [1.82, 2.24) is 5.32 Å². The molecule has 1 heterocycles. The van der Waals surface area contributed by atoms with Crippen LogP contribution in [0.1, 0.15) is 38.2 Å². The number of carbonyl (C=O) groups excluding carboxylic acids is 1. The van der Waals surface area contributed by atoms with Crippen LogP contribution in [-0.2, 0) is 4.79 Å². The van der Waals surface area contributed by atoms with Crippen molar-refractivity contribution in [1.29, 1.82) is 0 Å². The van der Waals surface area contributed by atoms with Crippen molar-refractivity contribution in [3.05, 3.63) is 23.8 Å². The van der Waals surface area contributed by atoms with Gasteiger partial charge >= 0.3 is 0 Å². The molecule has 0 spiro atoms. The van der Waals surface area contributed by atoms with E-state index in [1.54, 1.807) is 7.11 Å². The summed E-state index contributed by atoms with van der Waals surface area (Å²) in [6, 6.07) is 5.97. The van der Waals surface area contributed by atoms with Gasteiger partial charge in [0.05, 0.1) is 18.8 Å². The van der Waals surface area contributed by atoms with E-state index in [4.69, 9.17) is 4.74 Å². The van der Waals surface area contributed by atoms with E-state index >= 15 is 0 Å². The lowest BCUT2D eigenvalue weighted by Gasteiger charge is -2.37. The zero-order valence-electron chi connectivity index (χ0n) is 13.1. The Morgan fingerprint density at radius 1 is 1.43 bits per heavy atom. The Morgan fingerprint density at radius 2 is 2.14 bits per heavy atom. The summed E-state index contributed by atoms with van der Waals surface area (Å²) in [6.45, 7) is 4.27. The monoisotopic (exact) mass is 292 g/mol.